The molecule has 5 aromatic rings. The highest BCUT2D eigenvalue weighted by atomic mass is 32.2. The lowest BCUT2D eigenvalue weighted by atomic mass is 9.97. The van der Waals surface area contributed by atoms with Crippen molar-refractivity contribution in [2.75, 3.05) is 19.0 Å². The van der Waals surface area contributed by atoms with Gasteiger partial charge in [-0.25, -0.2) is 0 Å². The van der Waals surface area contributed by atoms with E-state index in [1.165, 1.54) is 32.6 Å². The normalized spacial score (nSPS) is 24.7. The van der Waals surface area contributed by atoms with Gasteiger partial charge in [-0.15, -0.1) is 11.8 Å². The van der Waals surface area contributed by atoms with Crippen molar-refractivity contribution >= 4 is 17.7 Å². The quantitative estimate of drug-likeness (QED) is 0.0380. The van der Waals surface area contributed by atoms with Crippen molar-refractivity contribution in [3.05, 3.63) is 179 Å². The van der Waals surface area contributed by atoms with E-state index in [9.17, 15) is 9.90 Å². The lowest BCUT2D eigenvalue weighted by Gasteiger charge is -2.47. The Morgan fingerprint density at radius 1 is 0.493 bits per heavy atom. The number of unbranched alkanes of at least 4 members (excludes halogenated alkanes) is 5. The smallest absolute Gasteiger partial charge is 0.303 e. The van der Waals surface area contributed by atoms with Gasteiger partial charge in [0.05, 0.1) is 46.2 Å². The molecule has 12 heteroatoms. The molecule has 0 bridgehead atoms. The SMILES string of the molecule is CCCCCCCCS[C@@H]1O[C@H](CO[C@@H]2O[C@H](COCc3ccccc3)[C@@H](OCc3ccccc3)[C@H](OCc3ccccc3)[C@H]2OC(C)=O)[C@@H](O)[C@H](OCc2ccccc2)[C@H]1OCc1ccccc1. The molecular weight excluding hydrogens is 893 g/mol. The molecule has 7 rings (SSSR count). The minimum atomic E-state index is -1.17. The summed E-state index contributed by atoms with van der Waals surface area (Å²) in [4.78, 5) is 13.1. The van der Waals surface area contributed by atoms with Crippen LogP contribution in [0.25, 0.3) is 0 Å². The molecule has 11 nitrogen and oxygen atoms in total. The molecule has 2 aliphatic heterocycles. The van der Waals surface area contributed by atoms with Crippen molar-refractivity contribution in [1.29, 1.82) is 0 Å². The second-order valence-electron chi connectivity index (χ2n) is 17.7. The molecule has 370 valence electrons. The molecule has 69 heavy (non-hydrogen) atoms. The average Bonchev–Trinajstić information content (AvgIpc) is 3.38. The van der Waals surface area contributed by atoms with Crippen LogP contribution in [0.5, 0.6) is 0 Å². The van der Waals surface area contributed by atoms with Gasteiger partial charge in [-0.3, -0.25) is 4.79 Å². The first-order chi connectivity index (χ1) is 33.9. The number of aliphatic hydroxyl groups is 1. The third-order valence-electron chi connectivity index (χ3n) is 12.3. The summed E-state index contributed by atoms with van der Waals surface area (Å²) in [6, 6.07) is 49.4. The lowest BCUT2D eigenvalue weighted by Crippen LogP contribution is -2.63. The fourth-order valence-electron chi connectivity index (χ4n) is 8.59. The van der Waals surface area contributed by atoms with Gasteiger partial charge in [0.15, 0.2) is 12.4 Å². The van der Waals surface area contributed by atoms with E-state index in [1.54, 1.807) is 11.8 Å². The Morgan fingerprint density at radius 2 is 0.942 bits per heavy atom. The Labute approximate surface area is 413 Å². The summed E-state index contributed by atoms with van der Waals surface area (Å²) in [5, 5.41) is 12.4. The van der Waals surface area contributed by atoms with Crippen LogP contribution in [0.2, 0.25) is 0 Å². The van der Waals surface area contributed by atoms with Crippen LogP contribution in [0.3, 0.4) is 0 Å². The number of ether oxygens (including phenoxy) is 9. The van der Waals surface area contributed by atoms with Gasteiger partial charge in [0.2, 0.25) is 0 Å². The van der Waals surface area contributed by atoms with Crippen LogP contribution in [-0.4, -0.2) is 90.6 Å². The van der Waals surface area contributed by atoms with Crippen molar-refractivity contribution in [3.8, 4) is 0 Å². The van der Waals surface area contributed by atoms with Gasteiger partial charge < -0.3 is 47.7 Å². The Morgan fingerprint density at radius 3 is 1.45 bits per heavy atom. The number of hydrogen-bond acceptors (Lipinski definition) is 12. The van der Waals surface area contributed by atoms with Crippen molar-refractivity contribution in [2.24, 2.45) is 0 Å². The van der Waals surface area contributed by atoms with E-state index in [2.05, 4.69) is 6.92 Å². The Hall–Kier alpha value is -4.44. The van der Waals surface area contributed by atoms with Gasteiger partial charge in [-0.1, -0.05) is 191 Å². The number of aliphatic hydroxyl groups excluding tert-OH is 1. The van der Waals surface area contributed by atoms with Gasteiger partial charge in [0, 0.05) is 6.92 Å². The van der Waals surface area contributed by atoms with Crippen LogP contribution >= 0.6 is 11.8 Å². The molecular formula is C57H70O11S. The highest BCUT2D eigenvalue weighted by molar-refractivity contribution is 7.99. The highest BCUT2D eigenvalue weighted by Gasteiger charge is 2.52. The van der Waals surface area contributed by atoms with E-state index in [4.69, 9.17) is 42.6 Å². The van der Waals surface area contributed by atoms with Crippen molar-refractivity contribution in [2.45, 2.75) is 146 Å². The molecule has 0 radical (unpaired) electrons. The molecule has 0 saturated carbocycles. The van der Waals surface area contributed by atoms with E-state index in [-0.39, 0.29) is 33.0 Å². The molecule has 2 aliphatic rings. The molecule has 0 aliphatic carbocycles. The number of rotatable bonds is 28. The fourth-order valence-corrected chi connectivity index (χ4v) is 9.84. The molecule has 0 aromatic heterocycles. The van der Waals surface area contributed by atoms with Crippen LogP contribution < -0.4 is 0 Å². The Balaban J connectivity index is 1.15. The van der Waals surface area contributed by atoms with Gasteiger partial charge >= 0.3 is 5.97 Å². The van der Waals surface area contributed by atoms with Crippen LogP contribution in [-0.2, 0) is 80.5 Å². The third kappa shape index (κ3) is 16.9. The van der Waals surface area contributed by atoms with Gasteiger partial charge in [-0.2, -0.15) is 0 Å². The summed E-state index contributed by atoms with van der Waals surface area (Å²) < 4.78 is 59.7. The van der Waals surface area contributed by atoms with Crippen LogP contribution in [0, 0.1) is 0 Å². The summed E-state index contributed by atoms with van der Waals surface area (Å²) >= 11 is 1.67. The van der Waals surface area contributed by atoms with E-state index in [0.717, 1.165) is 46.4 Å². The predicted octanol–water partition coefficient (Wildman–Crippen LogP) is 10.4. The lowest BCUT2D eigenvalue weighted by molar-refractivity contribution is -0.329. The maximum Gasteiger partial charge on any atom is 0.303 e. The fraction of sp³-hybridized carbons (Fsp3) is 0.456. The average molecular weight is 963 g/mol. The number of carbonyl (C=O) groups is 1. The second-order valence-corrected chi connectivity index (χ2v) is 18.9. The molecule has 1 N–H and O–H groups in total. The zero-order chi connectivity index (χ0) is 47.9. The first kappa shape index (κ1) is 52.4. The maximum atomic E-state index is 13.1. The van der Waals surface area contributed by atoms with E-state index in [0.29, 0.717) is 13.2 Å². The summed E-state index contributed by atoms with van der Waals surface area (Å²) in [6.07, 6.45) is -1.08. The van der Waals surface area contributed by atoms with Gasteiger partial charge in [-0.05, 0) is 40.0 Å². The van der Waals surface area contributed by atoms with Crippen molar-refractivity contribution in [3.63, 3.8) is 0 Å². The van der Waals surface area contributed by atoms with Crippen LogP contribution in [0.15, 0.2) is 152 Å². The zero-order valence-corrected chi connectivity index (χ0v) is 40.9. The first-order valence-electron chi connectivity index (χ1n) is 24.6. The number of thioether (sulfide) groups is 1. The van der Waals surface area contributed by atoms with E-state index in [1.807, 2.05) is 152 Å². The minimum Gasteiger partial charge on any atom is -0.454 e. The Kier molecular flexibility index (Phi) is 22.0. The minimum absolute atomic E-state index is 0.113. The number of esters is 1. The van der Waals surface area contributed by atoms with Crippen LogP contribution in [0.4, 0.5) is 0 Å². The topological polar surface area (TPSA) is 120 Å². The number of hydrogen-bond donors (Lipinski definition) is 1. The molecule has 0 spiro atoms. The summed E-state index contributed by atoms with van der Waals surface area (Å²) in [6.45, 7) is 4.90. The number of carbonyl (C=O) groups excluding carboxylic acids is 1. The largest absolute Gasteiger partial charge is 0.454 e. The maximum absolute atomic E-state index is 13.1. The van der Waals surface area contributed by atoms with Crippen molar-refractivity contribution in [1.82, 2.24) is 0 Å². The predicted molar refractivity (Wildman–Crippen MR) is 267 cm³/mol. The van der Waals surface area contributed by atoms with Gasteiger partial charge in [0.25, 0.3) is 0 Å². The summed E-state index contributed by atoms with van der Waals surface area (Å²) in [7, 11) is 0. The molecule has 0 amide bonds. The zero-order valence-electron chi connectivity index (χ0n) is 40.0. The molecule has 10 atom stereocenters. The monoisotopic (exact) mass is 962 g/mol. The Bertz CT molecular complexity index is 2140. The van der Waals surface area contributed by atoms with Crippen LogP contribution in [0.1, 0.15) is 80.2 Å². The highest BCUT2D eigenvalue weighted by Crippen LogP contribution is 2.36. The molecule has 2 fully saturated rings. The molecule has 0 unspecified atom stereocenters. The standard InChI is InChI=1S/C57H70O11S/c1-3-4-5-6-7-23-34-69-57-55(64-39-47-32-21-12-22-33-47)52(62-37-45-28-17-10-18-29-45)50(59)48(68-57)41-65-56-54(66-42(2)58)53(63-38-46-30-19-11-20-31-46)51(61-36-44-26-15-9-16-27-44)49(67-56)40-60-35-43-24-13-8-14-25-43/h8-22,24-33,48-57,59H,3-7,23,34-41H2,1-2H3/t48-,49-,50-,51-,52+,53+,54-,55-,56-,57+/m1/s1. The first-order valence-corrected chi connectivity index (χ1v) is 25.6. The van der Waals surface area contributed by atoms with E-state index >= 15 is 0 Å². The third-order valence-corrected chi connectivity index (χ3v) is 13.5. The number of benzene rings is 5. The van der Waals surface area contributed by atoms with E-state index < -0.39 is 66.5 Å². The van der Waals surface area contributed by atoms with Crippen molar-refractivity contribution < 1.29 is 52.5 Å². The summed E-state index contributed by atoms with van der Waals surface area (Å²) in [5.41, 5.74) is 4.34. The molecule has 2 saturated heterocycles. The molecule has 2 heterocycles. The second kappa shape index (κ2) is 29.0. The van der Waals surface area contributed by atoms with Gasteiger partial charge in [0.1, 0.15) is 48.2 Å². The summed E-state index contributed by atoms with van der Waals surface area (Å²) in [5.74, 6) is 0.297. The molecule has 5 aromatic carbocycles.